The highest BCUT2D eigenvalue weighted by molar-refractivity contribution is 5.35. The Hall–Kier alpha value is -1.67. The number of aromatic nitrogens is 1. The summed E-state index contributed by atoms with van der Waals surface area (Å²) in [6, 6.07) is 12.4. The molecule has 1 aromatic heterocycles. The molecule has 3 rings (SSSR count). The maximum Gasteiger partial charge on any atom is 0.0954 e. The predicted molar refractivity (Wildman–Crippen MR) is 80.6 cm³/mol. The van der Waals surface area contributed by atoms with Crippen molar-refractivity contribution >= 4 is 0 Å². The van der Waals surface area contributed by atoms with Crippen molar-refractivity contribution in [2.24, 2.45) is 0 Å². The number of hydrogen-bond acceptors (Lipinski definition) is 2. The Labute approximate surface area is 120 Å². The van der Waals surface area contributed by atoms with Crippen LogP contribution in [0.25, 0.3) is 0 Å². The van der Waals surface area contributed by atoms with Crippen LogP contribution in [0.2, 0.25) is 0 Å². The minimum Gasteiger partial charge on any atom is -0.385 e. The van der Waals surface area contributed by atoms with Crippen molar-refractivity contribution in [3.05, 3.63) is 65.0 Å². The summed E-state index contributed by atoms with van der Waals surface area (Å²) in [5.41, 5.74) is 3.83. The maximum atomic E-state index is 11.1. The molecule has 1 heterocycles. The zero-order valence-corrected chi connectivity index (χ0v) is 12.0. The van der Waals surface area contributed by atoms with Crippen LogP contribution in [-0.2, 0) is 24.9 Å². The SMILES string of the molecule is CCc1ccc(CC2(O)CCCc3ccccc32)nc1. The van der Waals surface area contributed by atoms with Gasteiger partial charge in [0, 0.05) is 18.3 Å². The van der Waals surface area contributed by atoms with E-state index in [1.165, 1.54) is 11.1 Å². The average Bonchev–Trinajstić information content (AvgIpc) is 2.48. The van der Waals surface area contributed by atoms with E-state index in [0.717, 1.165) is 36.9 Å². The molecule has 0 amide bonds. The van der Waals surface area contributed by atoms with Gasteiger partial charge < -0.3 is 5.11 Å². The molecule has 1 unspecified atom stereocenters. The summed E-state index contributed by atoms with van der Waals surface area (Å²) in [5.74, 6) is 0. The first-order valence-corrected chi connectivity index (χ1v) is 7.46. The molecule has 20 heavy (non-hydrogen) atoms. The van der Waals surface area contributed by atoms with Crippen molar-refractivity contribution in [3.8, 4) is 0 Å². The van der Waals surface area contributed by atoms with Gasteiger partial charge in [-0.2, -0.15) is 0 Å². The Balaban J connectivity index is 1.89. The highest BCUT2D eigenvalue weighted by Gasteiger charge is 2.34. The fraction of sp³-hybridized carbons (Fsp3) is 0.389. The molecule has 1 N–H and O–H groups in total. The van der Waals surface area contributed by atoms with Crippen LogP contribution < -0.4 is 0 Å². The lowest BCUT2D eigenvalue weighted by Crippen LogP contribution is -2.33. The Morgan fingerprint density at radius 2 is 2.05 bits per heavy atom. The molecule has 104 valence electrons. The van der Waals surface area contributed by atoms with Crippen LogP contribution in [0.4, 0.5) is 0 Å². The number of benzene rings is 1. The lowest BCUT2D eigenvalue weighted by atomic mass is 9.76. The molecule has 2 aromatic rings. The molecular weight excluding hydrogens is 246 g/mol. The topological polar surface area (TPSA) is 33.1 Å². The quantitative estimate of drug-likeness (QED) is 0.924. The molecule has 0 aliphatic heterocycles. The summed E-state index contributed by atoms with van der Waals surface area (Å²) >= 11 is 0. The summed E-state index contributed by atoms with van der Waals surface area (Å²) in [5, 5.41) is 11.1. The zero-order valence-electron chi connectivity index (χ0n) is 12.0. The van der Waals surface area contributed by atoms with Gasteiger partial charge in [-0.3, -0.25) is 4.98 Å². The summed E-state index contributed by atoms with van der Waals surface area (Å²) < 4.78 is 0. The minimum absolute atomic E-state index is 0.605. The molecule has 0 fully saturated rings. The van der Waals surface area contributed by atoms with E-state index in [0.29, 0.717) is 6.42 Å². The minimum atomic E-state index is -0.754. The predicted octanol–water partition coefficient (Wildman–Crippen LogP) is 3.41. The van der Waals surface area contributed by atoms with Crippen molar-refractivity contribution < 1.29 is 5.11 Å². The van der Waals surface area contributed by atoms with Gasteiger partial charge in [0.15, 0.2) is 0 Å². The zero-order chi connectivity index (χ0) is 14.0. The van der Waals surface area contributed by atoms with Gasteiger partial charge in [-0.1, -0.05) is 37.3 Å². The van der Waals surface area contributed by atoms with Crippen LogP contribution >= 0.6 is 0 Å². The van der Waals surface area contributed by atoms with E-state index in [4.69, 9.17) is 0 Å². The van der Waals surface area contributed by atoms with Gasteiger partial charge in [0.2, 0.25) is 0 Å². The number of hydrogen-bond donors (Lipinski definition) is 1. The highest BCUT2D eigenvalue weighted by atomic mass is 16.3. The monoisotopic (exact) mass is 267 g/mol. The molecule has 1 aliphatic carbocycles. The standard InChI is InChI=1S/C18H21NO/c1-2-14-9-10-16(19-13-14)12-18(20)11-5-7-15-6-3-4-8-17(15)18/h3-4,6,8-10,13,20H,2,5,7,11-12H2,1H3. The fourth-order valence-electron chi connectivity index (χ4n) is 3.15. The van der Waals surface area contributed by atoms with Gasteiger partial charge in [-0.15, -0.1) is 0 Å². The third-order valence-corrected chi connectivity index (χ3v) is 4.32. The average molecular weight is 267 g/mol. The highest BCUT2D eigenvalue weighted by Crippen LogP contribution is 2.37. The van der Waals surface area contributed by atoms with Crippen LogP contribution in [0.1, 0.15) is 42.1 Å². The van der Waals surface area contributed by atoms with E-state index in [-0.39, 0.29) is 0 Å². The summed E-state index contributed by atoms with van der Waals surface area (Å²) in [7, 11) is 0. The molecule has 2 nitrogen and oxygen atoms in total. The van der Waals surface area contributed by atoms with Gasteiger partial charge in [0.05, 0.1) is 5.60 Å². The second-order valence-electron chi connectivity index (χ2n) is 5.73. The molecule has 0 saturated heterocycles. The normalized spacial score (nSPS) is 21.5. The second-order valence-corrected chi connectivity index (χ2v) is 5.73. The largest absolute Gasteiger partial charge is 0.385 e. The number of nitrogens with zero attached hydrogens (tertiary/aromatic N) is 1. The van der Waals surface area contributed by atoms with E-state index in [1.54, 1.807) is 0 Å². The van der Waals surface area contributed by atoms with E-state index in [1.807, 2.05) is 18.3 Å². The molecule has 0 radical (unpaired) electrons. The van der Waals surface area contributed by atoms with Gasteiger partial charge in [-0.25, -0.2) is 0 Å². The summed E-state index contributed by atoms with van der Waals surface area (Å²) in [6.45, 7) is 2.13. The van der Waals surface area contributed by atoms with Crippen LogP contribution in [0.15, 0.2) is 42.6 Å². The molecule has 2 heteroatoms. The third-order valence-electron chi connectivity index (χ3n) is 4.32. The van der Waals surface area contributed by atoms with E-state index < -0.39 is 5.60 Å². The Morgan fingerprint density at radius 3 is 2.80 bits per heavy atom. The number of aliphatic hydroxyl groups is 1. The fourth-order valence-corrected chi connectivity index (χ4v) is 3.15. The van der Waals surface area contributed by atoms with Crippen molar-refractivity contribution in [3.63, 3.8) is 0 Å². The molecule has 0 bridgehead atoms. The molecule has 0 saturated carbocycles. The van der Waals surface area contributed by atoms with Crippen molar-refractivity contribution in [1.82, 2.24) is 4.98 Å². The number of aryl methyl sites for hydroxylation is 2. The Kier molecular flexibility index (Phi) is 3.58. The molecule has 0 spiro atoms. The van der Waals surface area contributed by atoms with Gasteiger partial charge >= 0.3 is 0 Å². The number of pyridine rings is 1. The van der Waals surface area contributed by atoms with Crippen LogP contribution in [0.3, 0.4) is 0 Å². The smallest absolute Gasteiger partial charge is 0.0954 e. The molecule has 1 aromatic carbocycles. The van der Waals surface area contributed by atoms with Crippen molar-refractivity contribution in [2.45, 2.75) is 44.6 Å². The van der Waals surface area contributed by atoms with Gasteiger partial charge in [0.1, 0.15) is 0 Å². The van der Waals surface area contributed by atoms with E-state index in [2.05, 4.69) is 36.2 Å². The molecule has 1 atom stereocenters. The van der Waals surface area contributed by atoms with Crippen molar-refractivity contribution in [1.29, 1.82) is 0 Å². The number of fused-ring (bicyclic) bond motifs is 1. The summed E-state index contributed by atoms with van der Waals surface area (Å²) in [6.07, 6.45) is 6.46. The Morgan fingerprint density at radius 1 is 1.20 bits per heavy atom. The van der Waals surface area contributed by atoms with Crippen LogP contribution in [0, 0.1) is 0 Å². The van der Waals surface area contributed by atoms with Crippen LogP contribution in [0.5, 0.6) is 0 Å². The molecule has 1 aliphatic rings. The van der Waals surface area contributed by atoms with Gasteiger partial charge in [-0.05, 0) is 48.4 Å². The Bertz CT molecular complexity index is 591. The first-order chi connectivity index (χ1) is 9.71. The summed E-state index contributed by atoms with van der Waals surface area (Å²) in [4.78, 5) is 4.50. The second kappa shape index (κ2) is 5.37. The first-order valence-electron chi connectivity index (χ1n) is 7.46. The van der Waals surface area contributed by atoms with E-state index >= 15 is 0 Å². The first kappa shape index (κ1) is 13.3. The lowest BCUT2D eigenvalue weighted by Gasteiger charge is -2.34. The lowest BCUT2D eigenvalue weighted by molar-refractivity contribution is 0.0181. The van der Waals surface area contributed by atoms with Crippen LogP contribution in [-0.4, -0.2) is 10.1 Å². The number of rotatable bonds is 3. The van der Waals surface area contributed by atoms with E-state index in [9.17, 15) is 5.11 Å². The van der Waals surface area contributed by atoms with Crippen molar-refractivity contribution in [2.75, 3.05) is 0 Å². The van der Waals surface area contributed by atoms with Gasteiger partial charge in [0.25, 0.3) is 0 Å². The molecular formula is C18H21NO. The maximum absolute atomic E-state index is 11.1. The third kappa shape index (κ3) is 2.48.